The van der Waals surface area contributed by atoms with Gasteiger partial charge in [-0.2, -0.15) is 0 Å². The number of nitrogens with one attached hydrogen (secondary N) is 2. The second-order valence-corrected chi connectivity index (χ2v) is 8.99. The fourth-order valence-corrected chi connectivity index (χ4v) is 3.99. The second kappa shape index (κ2) is 9.74. The number of carbonyl (C=O) groups is 1. The number of amides is 1. The molecule has 0 bridgehead atoms. The number of benzene rings is 3. The van der Waals surface area contributed by atoms with Gasteiger partial charge in [-0.25, -0.2) is 8.42 Å². The van der Waals surface area contributed by atoms with E-state index in [1.54, 1.807) is 31.2 Å². The zero-order valence-electron chi connectivity index (χ0n) is 18.4. The average Bonchev–Trinajstić information content (AvgIpc) is 2.77. The van der Waals surface area contributed by atoms with E-state index in [2.05, 4.69) is 10.0 Å². The van der Waals surface area contributed by atoms with Crippen molar-refractivity contribution in [1.29, 1.82) is 0 Å². The van der Waals surface area contributed by atoms with Crippen molar-refractivity contribution in [3.8, 4) is 11.5 Å². The minimum absolute atomic E-state index is 0.0750. The highest BCUT2D eigenvalue weighted by atomic mass is 32.2. The van der Waals surface area contributed by atoms with Gasteiger partial charge in [0.1, 0.15) is 11.5 Å². The van der Waals surface area contributed by atoms with Crippen molar-refractivity contribution < 1.29 is 22.7 Å². The summed E-state index contributed by atoms with van der Waals surface area (Å²) in [4.78, 5) is 12.6. The molecule has 0 saturated heterocycles. The highest BCUT2D eigenvalue weighted by Gasteiger charge is 2.18. The maximum absolute atomic E-state index is 12.6. The Kier molecular flexibility index (Phi) is 7.05. The summed E-state index contributed by atoms with van der Waals surface area (Å²) in [5.74, 6) is 0.945. The summed E-state index contributed by atoms with van der Waals surface area (Å²) in [6.07, 6.45) is -0.726. The van der Waals surface area contributed by atoms with Crippen molar-refractivity contribution in [2.45, 2.75) is 31.8 Å². The first kappa shape index (κ1) is 23.1. The van der Waals surface area contributed by atoms with E-state index in [-0.39, 0.29) is 10.8 Å². The molecule has 0 aliphatic heterocycles. The van der Waals surface area contributed by atoms with Crippen LogP contribution >= 0.6 is 0 Å². The lowest BCUT2D eigenvalue weighted by Gasteiger charge is -2.17. The Bertz CT molecular complexity index is 1190. The lowest BCUT2D eigenvalue weighted by molar-refractivity contribution is -0.122. The Morgan fingerprint density at radius 3 is 2.16 bits per heavy atom. The van der Waals surface area contributed by atoms with Crippen LogP contribution < -0.4 is 19.5 Å². The first-order valence-electron chi connectivity index (χ1n) is 10.0. The quantitative estimate of drug-likeness (QED) is 0.522. The van der Waals surface area contributed by atoms with Gasteiger partial charge in [0.05, 0.1) is 12.0 Å². The molecule has 0 fully saturated rings. The molecule has 1 amide bonds. The van der Waals surface area contributed by atoms with Crippen LogP contribution in [0.25, 0.3) is 0 Å². The lowest BCUT2D eigenvalue weighted by Crippen LogP contribution is -2.30. The summed E-state index contributed by atoms with van der Waals surface area (Å²) in [5, 5.41) is 2.74. The van der Waals surface area contributed by atoms with Crippen LogP contribution in [-0.4, -0.2) is 27.5 Å². The van der Waals surface area contributed by atoms with Gasteiger partial charge in [-0.05, 0) is 86.5 Å². The molecular weight excluding hydrogens is 428 g/mol. The summed E-state index contributed by atoms with van der Waals surface area (Å²) in [7, 11) is -2.23. The molecule has 0 aliphatic carbocycles. The zero-order valence-corrected chi connectivity index (χ0v) is 19.2. The number of anilines is 2. The third-order valence-electron chi connectivity index (χ3n) is 5.00. The number of sulfonamides is 1. The van der Waals surface area contributed by atoms with Crippen molar-refractivity contribution >= 4 is 27.3 Å². The minimum Gasteiger partial charge on any atom is -0.497 e. The van der Waals surface area contributed by atoms with E-state index < -0.39 is 16.1 Å². The van der Waals surface area contributed by atoms with Gasteiger partial charge in [-0.1, -0.05) is 12.1 Å². The van der Waals surface area contributed by atoms with Crippen molar-refractivity contribution in [1.82, 2.24) is 0 Å². The predicted molar refractivity (Wildman–Crippen MR) is 125 cm³/mol. The SMILES string of the molecule is COc1ccc(NS(=O)(=O)c2ccc(NC(=O)C(C)Oc3cccc(C)c3C)cc2)cc1. The summed E-state index contributed by atoms with van der Waals surface area (Å²) < 4.78 is 38.6. The van der Waals surface area contributed by atoms with Crippen LogP contribution in [0.15, 0.2) is 71.6 Å². The van der Waals surface area contributed by atoms with Gasteiger partial charge in [0, 0.05) is 11.4 Å². The number of hydrogen-bond acceptors (Lipinski definition) is 5. The average molecular weight is 455 g/mol. The van der Waals surface area contributed by atoms with Gasteiger partial charge < -0.3 is 14.8 Å². The van der Waals surface area contributed by atoms with E-state index in [1.165, 1.54) is 31.4 Å². The minimum atomic E-state index is -3.77. The summed E-state index contributed by atoms with van der Waals surface area (Å²) in [6.45, 7) is 5.58. The molecule has 2 N–H and O–H groups in total. The van der Waals surface area contributed by atoms with Crippen LogP contribution in [0.3, 0.4) is 0 Å². The molecule has 1 atom stereocenters. The first-order chi connectivity index (χ1) is 15.2. The molecule has 32 heavy (non-hydrogen) atoms. The molecule has 8 heteroatoms. The van der Waals surface area contributed by atoms with Crippen molar-refractivity contribution in [2.75, 3.05) is 17.1 Å². The molecule has 0 radical (unpaired) electrons. The number of methoxy groups -OCH3 is 1. The molecule has 3 aromatic carbocycles. The smallest absolute Gasteiger partial charge is 0.265 e. The first-order valence-corrected chi connectivity index (χ1v) is 11.5. The second-order valence-electron chi connectivity index (χ2n) is 7.31. The molecule has 0 aromatic heterocycles. The Morgan fingerprint density at radius 1 is 0.906 bits per heavy atom. The van der Waals surface area contributed by atoms with E-state index in [9.17, 15) is 13.2 Å². The Morgan fingerprint density at radius 2 is 1.53 bits per heavy atom. The van der Waals surface area contributed by atoms with E-state index >= 15 is 0 Å². The van der Waals surface area contributed by atoms with E-state index in [4.69, 9.17) is 9.47 Å². The summed E-state index contributed by atoms with van der Waals surface area (Å²) in [6, 6.07) is 18.2. The molecule has 168 valence electrons. The van der Waals surface area contributed by atoms with Gasteiger partial charge in [0.25, 0.3) is 15.9 Å². The maximum atomic E-state index is 12.6. The van der Waals surface area contributed by atoms with Crippen molar-refractivity contribution in [3.05, 3.63) is 77.9 Å². The molecule has 0 saturated carbocycles. The van der Waals surface area contributed by atoms with Gasteiger partial charge in [0.2, 0.25) is 0 Å². The number of carbonyl (C=O) groups excluding carboxylic acids is 1. The van der Waals surface area contributed by atoms with E-state index in [0.29, 0.717) is 22.9 Å². The summed E-state index contributed by atoms with van der Waals surface area (Å²) in [5.41, 5.74) is 2.94. The van der Waals surface area contributed by atoms with Gasteiger partial charge in [0.15, 0.2) is 6.10 Å². The topological polar surface area (TPSA) is 93.7 Å². The van der Waals surface area contributed by atoms with Crippen LogP contribution in [0.1, 0.15) is 18.1 Å². The predicted octanol–water partition coefficient (Wildman–Crippen LogP) is 4.52. The third kappa shape index (κ3) is 5.59. The number of rotatable bonds is 8. The van der Waals surface area contributed by atoms with Crippen LogP contribution in [0.2, 0.25) is 0 Å². The van der Waals surface area contributed by atoms with Gasteiger partial charge in [-0.15, -0.1) is 0 Å². The Hall–Kier alpha value is -3.52. The van der Waals surface area contributed by atoms with Crippen LogP contribution in [0.5, 0.6) is 11.5 Å². The standard InChI is InChI=1S/C24H26N2O5S/c1-16-6-5-7-23(17(16)2)31-18(3)24(27)25-19-10-14-22(15-11-19)32(28,29)26-20-8-12-21(30-4)13-9-20/h5-15,18,26H,1-4H3,(H,25,27). The Balaban J connectivity index is 1.64. The summed E-state index contributed by atoms with van der Waals surface area (Å²) >= 11 is 0. The highest BCUT2D eigenvalue weighted by molar-refractivity contribution is 7.92. The normalized spacial score (nSPS) is 12.0. The zero-order chi connectivity index (χ0) is 23.3. The molecule has 0 aliphatic rings. The van der Waals surface area contributed by atoms with Crippen molar-refractivity contribution in [3.63, 3.8) is 0 Å². The van der Waals surface area contributed by atoms with Crippen LogP contribution in [-0.2, 0) is 14.8 Å². The molecule has 1 unspecified atom stereocenters. The number of hydrogen-bond donors (Lipinski definition) is 2. The number of aryl methyl sites for hydroxylation is 1. The molecule has 7 nitrogen and oxygen atoms in total. The van der Waals surface area contributed by atoms with E-state index in [1.807, 2.05) is 32.0 Å². The van der Waals surface area contributed by atoms with E-state index in [0.717, 1.165) is 11.1 Å². The molecule has 3 aromatic rings. The van der Waals surface area contributed by atoms with Crippen LogP contribution in [0.4, 0.5) is 11.4 Å². The maximum Gasteiger partial charge on any atom is 0.265 e. The lowest BCUT2D eigenvalue weighted by atomic mass is 10.1. The Labute approximate surface area is 188 Å². The molecule has 0 heterocycles. The third-order valence-corrected chi connectivity index (χ3v) is 6.40. The highest BCUT2D eigenvalue weighted by Crippen LogP contribution is 2.23. The largest absolute Gasteiger partial charge is 0.497 e. The fraction of sp³-hybridized carbons (Fsp3) is 0.208. The van der Waals surface area contributed by atoms with Crippen molar-refractivity contribution in [2.24, 2.45) is 0 Å². The number of ether oxygens (including phenoxy) is 2. The molecule has 3 rings (SSSR count). The fourth-order valence-electron chi connectivity index (χ4n) is 2.93. The van der Waals surface area contributed by atoms with Gasteiger partial charge >= 0.3 is 0 Å². The molecule has 0 spiro atoms. The van der Waals surface area contributed by atoms with Gasteiger partial charge in [-0.3, -0.25) is 9.52 Å². The molecular formula is C24H26N2O5S. The van der Waals surface area contributed by atoms with Crippen LogP contribution in [0, 0.1) is 13.8 Å². The monoisotopic (exact) mass is 454 g/mol.